The topological polar surface area (TPSA) is 99.7 Å². The minimum absolute atomic E-state index is 0.0488. The number of nitrogens with zero attached hydrogens (tertiary/aromatic N) is 4. The average Bonchev–Trinajstić information content (AvgIpc) is 3.36. The number of aromatic nitrogens is 3. The molecule has 0 spiro atoms. The number of carbonyl (C=O) groups is 1. The Morgan fingerprint density at radius 3 is 2.79 bits per heavy atom. The van der Waals surface area contributed by atoms with Gasteiger partial charge < -0.3 is 18.9 Å². The maximum atomic E-state index is 13.5. The number of unbranched alkanes of at least 4 members (excludes halogenated alkanes) is 1. The normalized spacial score (nSPS) is 18.4. The molecule has 1 atom stereocenters. The number of hydrogen-bond donors (Lipinski definition) is 0. The van der Waals surface area contributed by atoms with Crippen LogP contribution in [0, 0.1) is 12.7 Å². The van der Waals surface area contributed by atoms with Gasteiger partial charge in [-0.3, -0.25) is 14.2 Å². The smallest absolute Gasteiger partial charge is 0.305 e. The Balaban J connectivity index is 1.16. The summed E-state index contributed by atoms with van der Waals surface area (Å²) in [6.45, 7) is 5.72. The minimum Gasteiger partial charge on any atom is -0.469 e. The first-order chi connectivity index (χ1) is 18.9. The Morgan fingerprint density at radius 1 is 1.18 bits per heavy atom. The molecule has 5 rings (SSSR count). The highest BCUT2D eigenvalue weighted by molar-refractivity contribution is 5.79. The summed E-state index contributed by atoms with van der Waals surface area (Å²) >= 11 is 0. The predicted molar refractivity (Wildman–Crippen MR) is 143 cm³/mol. The summed E-state index contributed by atoms with van der Waals surface area (Å²) in [5, 5.41) is 5.14. The molecule has 0 aliphatic carbocycles. The Morgan fingerprint density at radius 2 is 2.00 bits per heavy atom. The number of rotatable bonds is 10. The van der Waals surface area contributed by atoms with Crippen LogP contribution in [0.3, 0.4) is 0 Å². The van der Waals surface area contributed by atoms with Crippen LogP contribution in [0.15, 0.2) is 27.5 Å². The van der Waals surface area contributed by atoms with E-state index < -0.39 is 0 Å². The lowest BCUT2D eigenvalue weighted by molar-refractivity contribution is -0.140. The number of piperidine rings is 1. The zero-order chi connectivity index (χ0) is 27.4. The number of benzene rings is 1. The lowest BCUT2D eigenvalue weighted by atomic mass is 9.91. The first kappa shape index (κ1) is 27.5. The molecular formula is C29H37FN4O5. The van der Waals surface area contributed by atoms with Crippen molar-refractivity contribution >= 4 is 16.9 Å². The molecule has 3 aromatic rings. The molecule has 9 nitrogen and oxygen atoms in total. The SMILES string of the molecule is COC(=O)CCCCOC1CCCn2c1nc(C)c(CCN1CCC(c3noc4cc(F)ccc34)CC1)c2=O. The number of hydrogen-bond acceptors (Lipinski definition) is 8. The Hall–Kier alpha value is -3.11. The molecule has 10 heteroatoms. The third kappa shape index (κ3) is 6.22. The van der Waals surface area contributed by atoms with Gasteiger partial charge in [-0.25, -0.2) is 9.37 Å². The highest BCUT2D eigenvalue weighted by Crippen LogP contribution is 2.33. The second-order valence-electron chi connectivity index (χ2n) is 10.6. The fourth-order valence-electron chi connectivity index (χ4n) is 5.82. The lowest BCUT2D eigenvalue weighted by Gasteiger charge is -2.31. The molecule has 1 unspecified atom stereocenters. The van der Waals surface area contributed by atoms with Gasteiger partial charge in [-0.1, -0.05) is 5.16 Å². The third-order valence-electron chi connectivity index (χ3n) is 8.07. The van der Waals surface area contributed by atoms with E-state index in [2.05, 4.69) is 14.8 Å². The summed E-state index contributed by atoms with van der Waals surface area (Å²) in [4.78, 5) is 32.0. The standard InChI is InChI=1S/C29H37FN4O5/c1-19-22(29(36)34-13-5-6-24(28(34)31-19)38-17-4-3-7-26(35)37-2)12-16-33-14-10-20(11-15-33)27-23-9-8-21(30)18-25(23)39-32-27/h8-9,18,20,24H,3-7,10-17H2,1-2H3. The second-order valence-corrected chi connectivity index (χ2v) is 10.6. The van der Waals surface area contributed by atoms with Crippen LogP contribution in [0.2, 0.25) is 0 Å². The number of likely N-dealkylation sites (tertiary alicyclic amines) is 1. The summed E-state index contributed by atoms with van der Waals surface area (Å²) < 4.78 is 31.4. The molecule has 0 amide bonds. The number of ether oxygens (including phenoxy) is 2. The average molecular weight is 541 g/mol. The van der Waals surface area contributed by atoms with Gasteiger partial charge in [0, 0.05) is 54.7 Å². The third-order valence-corrected chi connectivity index (χ3v) is 8.07. The van der Waals surface area contributed by atoms with Crippen molar-refractivity contribution in [2.24, 2.45) is 0 Å². The van der Waals surface area contributed by atoms with Crippen LogP contribution in [0.25, 0.3) is 11.0 Å². The number of aryl methyl sites for hydroxylation is 1. The van der Waals surface area contributed by atoms with Gasteiger partial charge in [-0.05, 0) is 77.1 Å². The minimum atomic E-state index is -0.321. The van der Waals surface area contributed by atoms with E-state index in [-0.39, 0.29) is 29.4 Å². The molecule has 1 aromatic carbocycles. The molecule has 0 radical (unpaired) electrons. The zero-order valence-corrected chi connectivity index (χ0v) is 22.8. The molecule has 2 aliphatic heterocycles. The quantitative estimate of drug-likeness (QED) is 0.275. The molecule has 4 heterocycles. The second kappa shape index (κ2) is 12.4. The van der Waals surface area contributed by atoms with E-state index in [9.17, 15) is 14.0 Å². The van der Waals surface area contributed by atoms with Crippen molar-refractivity contribution in [2.45, 2.75) is 76.9 Å². The van der Waals surface area contributed by atoms with E-state index in [1.54, 1.807) is 10.6 Å². The van der Waals surface area contributed by atoms with Crippen LogP contribution in [0.1, 0.15) is 79.7 Å². The Labute approximate surface area is 227 Å². The van der Waals surface area contributed by atoms with Gasteiger partial charge in [-0.2, -0.15) is 0 Å². The van der Waals surface area contributed by atoms with Gasteiger partial charge in [0.1, 0.15) is 17.7 Å². The van der Waals surface area contributed by atoms with Crippen molar-refractivity contribution in [1.82, 2.24) is 19.6 Å². The van der Waals surface area contributed by atoms with Crippen molar-refractivity contribution in [2.75, 3.05) is 33.4 Å². The predicted octanol–water partition coefficient (Wildman–Crippen LogP) is 4.45. The van der Waals surface area contributed by atoms with Gasteiger partial charge >= 0.3 is 5.97 Å². The highest BCUT2D eigenvalue weighted by atomic mass is 19.1. The molecule has 0 saturated carbocycles. The first-order valence-electron chi connectivity index (χ1n) is 14.0. The fourth-order valence-corrected chi connectivity index (χ4v) is 5.82. The van der Waals surface area contributed by atoms with E-state index >= 15 is 0 Å². The number of methoxy groups -OCH3 is 1. The maximum Gasteiger partial charge on any atom is 0.305 e. The molecule has 39 heavy (non-hydrogen) atoms. The number of halogens is 1. The van der Waals surface area contributed by atoms with Gasteiger partial charge in [0.15, 0.2) is 5.58 Å². The molecule has 2 aliphatic rings. The van der Waals surface area contributed by atoms with Gasteiger partial charge in [0.25, 0.3) is 5.56 Å². The largest absolute Gasteiger partial charge is 0.469 e. The summed E-state index contributed by atoms with van der Waals surface area (Å²) in [5.74, 6) is 0.475. The molecular weight excluding hydrogens is 503 g/mol. The van der Waals surface area contributed by atoms with Crippen molar-refractivity contribution < 1.29 is 23.2 Å². The van der Waals surface area contributed by atoms with Crippen LogP contribution < -0.4 is 5.56 Å². The molecule has 1 fully saturated rings. The summed E-state index contributed by atoms with van der Waals surface area (Å²) in [5.41, 5.74) is 3.02. The molecule has 210 valence electrons. The monoisotopic (exact) mass is 540 g/mol. The van der Waals surface area contributed by atoms with Crippen LogP contribution in [0.5, 0.6) is 0 Å². The van der Waals surface area contributed by atoms with Crippen LogP contribution >= 0.6 is 0 Å². The van der Waals surface area contributed by atoms with Crippen molar-refractivity contribution in [1.29, 1.82) is 0 Å². The van der Waals surface area contributed by atoms with Crippen molar-refractivity contribution in [3.63, 3.8) is 0 Å². The van der Waals surface area contributed by atoms with Gasteiger partial charge in [-0.15, -0.1) is 0 Å². The van der Waals surface area contributed by atoms with E-state index in [0.717, 1.165) is 79.9 Å². The summed E-state index contributed by atoms with van der Waals surface area (Å²) in [7, 11) is 1.40. The maximum absolute atomic E-state index is 13.5. The first-order valence-corrected chi connectivity index (χ1v) is 14.0. The zero-order valence-electron chi connectivity index (χ0n) is 22.8. The fraction of sp³-hybridized carbons (Fsp3) is 0.586. The van der Waals surface area contributed by atoms with Crippen molar-refractivity contribution in [3.8, 4) is 0 Å². The van der Waals surface area contributed by atoms with E-state index in [1.165, 1.54) is 19.2 Å². The van der Waals surface area contributed by atoms with Gasteiger partial charge in [0.2, 0.25) is 0 Å². The molecule has 0 bridgehead atoms. The van der Waals surface area contributed by atoms with E-state index in [0.29, 0.717) is 38.0 Å². The number of fused-ring (bicyclic) bond motifs is 2. The summed E-state index contributed by atoms with van der Waals surface area (Å²) in [6.07, 6.45) is 5.93. The summed E-state index contributed by atoms with van der Waals surface area (Å²) in [6, 6.07) is 4.59. The van der Waals surface area contributed by atoms with E-state index in [1.807, 2.05) is 6.92 Å². The highest BCUT2D eigenvalue weighted by Gasteiger charge is 2.28. The molecule has 1 saturated heterocycles. The van der Waals surface area contributed by atoms with Crippen LogP contribution in [-0.4, -0.2) is 58.9 Å². The number of carbonyl (C=O) groups excluding carboxylic acids is 1. The Kier molecular flexibility index (Phi) is 8.72. The number of esters is 1. The molecule has 2 aromatic heterocycles. The lowest BCUT2D eigenvalue weighted by Crippen LogP contribution is -2.38. The van der Waals surface area contributed by atoms with Crippen LogP contribution in [-0.2, 0) is 27.2 Å². The van der Waals surface area contributed by atoms with Crippen molar-refractivity contribution in [3.05, 3.63) is 57.1 Å². The molecule has 0 N–H and O–H groups in total. The Bertz CT molecular complexity index is 1360. The van der Waals surface area contributed by atoms with Crippen LogP contribution in [0.4, 0.5) is 4.39 Å². The van der Waals surface area contributed by atoms with Gasteiger partial charge in [0.05, 0.1) is 12.8 Å². The van der Waals surface area contributed by atoms with E-state index in [4.69, 9.17) is 14.2 Å².